The van der Waals surface area contributed by atoms with Gasteiger partial charge in [0.1, 0.15) is 0 Å². The predicted molar refractivity (Wildman–Crippen MR) is 79.5 cm³/mol. The van der Waals surface area contributed by atoms with E-state index in [2.05, 4.69) is 10.6 Å². The number of carbonyl (C=O) groups excluding carboxylic acids is 2. The Labute approximate surface area is 118 Å². The minimum Gasteiger partial charge on any atom is -0.351 e. The van der Waals surface area contributed by atoms with Crippen molar-refractivity contribution >= 4 is 23.3 Å². The van der Waals surface area contributed by atoms with Gasteiger partial charge in [0.2, 0.25) is 5.91 Å². The number of anilines is 2. The molecule has 1 aromatic rings. The fraction of sp³-hybridized carbons (Fsp3) is 0.467. The number of benzene rings is 1. The van der Waals surface area contributed by atoms with Crippen LogP contribution in [0, 0.1) is 5.92 Å². The maximum Gasteiger partial charge on any atom is 0.316 e. The summed E-state index contributed by atoms with van der Waals surface area (Å²) in [4.78, 5) is 22.6. The molecule has 0 aromatic heterocycles. The van der Waals surface area contributed by atoms with Crippen LogP contribution in [0.1, 0.15) is 38.5 Å². The highest BCUT2D eigenvalue weighted by atomic mass is 16.2. The van der Waals surface area contributed by atoms with Crippen LogP contribution in [0.2, 0.25) is 0 Å². The molecule has 20 heavy (non-hydrogen) atoms. The van der Waals surface area contributed by atoms with Gasteiger partial charge >= 0.3 is 6.03 Å². The van der Waals surface area contributed by atoms with Crippen LogP contribution in [-0.4, -0.2) is 11.9 Å². The van der Waals surface area contributed by atoms with Gasteiger partial charge < -0.3 is 16.4 Å². The molecule has 1 aliphatic carbocycles. The van der Waals surface area contributed by atoms with Crippen molar-refractivity contribution < 1.29 is 9.59 Å². The number of amides is 3. The van der Waals surface area contributed by atoms with Crippen molar-refractivity contribution in [2.45, 2.75) is 38.5 Å². The Morgan fingerprint density at radius 2 is 1.55 bits per heavy atom. The van der Waals surface area contributed by atoms with Gasteiger partial charge in [-0.15, -0.1) is 0 Å². The number of rotatable bonds is 4. The van der Waals surface area contributed by atoms with Gasteiger partial charge in [-0.1, -0.05) is 19.3 Å². The SMILES string of the molecule is NC(=O)Nc1ccc(NC(=O)CC2CCCCC2)cc1. The second kappa shape index (κ2) is 6.93. The summed E-state index contributed by atoms with van der Waals surface area (Å²) in [6, 6.07) is 6.33. The zero-order valence-electron chi connectivity index (χ0n) is 11.5. The molecular weight excluding hydrogens is 254 g/mol. The highest BCUT2D eigenvalue weighted by molar-refractivity contribution is 5.92. The van der Waals surface area contributed by atoms with E-state index in [9.17, 15) is 9.59 Å². The maximum absolute atomic E-state index is 11.9. The highest BCUT2D eigenvalue weighted by Crippen LogP contribution is 2.26. The third-order valence-electron chi connectivity index (χ3n) is 3.64. The monoisotopic (exact) mass is 275 g/mol. The lowest BCUT2D eigenvalue weighted by Gasteiger charge is -2.20. The summed E-state index contributed by atoms with van der Waals surface area (Å²) in [6.07, 6.45) is 6.70. The van der Waals surface area contributed by atoms with Crippen molar-refractivity contribution in [1.29, 1.82) is 0 Å². The molecule has 0 aliphatic heterocycles. The predicted octanol–water partition coefficient (Wildman–Crippen LogP) is 3.09. The van der Waals surface area contributed by atoms with E-state index in [4.69, 9.17) is 5.73 Å². The van der Waals surface area contributed by atoms with Crippen LogP contribution in [0.15, 0.2) is 24.3 Å². The van der Waals surface area contributed by atoms with Crippen LogP contribution < -0.4 is 16.4 Å². The standard InChI is InChI=1S/C15H21N3O2/c16-15(20)18-13-8-6-12(7-9-13)17-14(19)10-11-4-2-1-3-5-11/h6-9,11H,1-5,10H2,(H,17,19)(H3,16,18,20). The smallest absolute Gasteiger partial charge is 0.316 e. The highest BCUT2D eigenvalue weighted by Gasteiger charge is 2.16. The summed E-state index contributed by atoms with van der Waals surface area (Å²) in [7, 11) is 0. The van der Waals surface area contributed by atoms with Crippen LogP contribution in [0.5, 0.6) is 0 Å². The van der Waals surface area contributed by atoms with Gasteiger partial charge in [-0.2, -0.15) is 0 Å². The summed E-state index contributed by atoms with van der Waals surface area (Å²) in [5.74, 6) is 0.590. The normalized spacial score (nSPS) is 15.6. The van der Waals surface area contributed by atoms with Crippen molar-refractivity contribution in [2.75, 3.05) is 10.6 Å². The fourth-order valence-corrected chi connectivity index (χ4v) is 2.64. The second-order valence-electron chi connectivity index (χ2n) is 5.32. The van der Waals surface area contributed by atoms with E-state index in [1.165, 1.54) is 19.3 Å². The van der Waals surface area contributed by atoms with E-state index in [1.54, 1.807) is 24.3 Å². The summed E-state index contributed by atoms with van der Waals surface area (Å²) in [6.45, 7) is 0. The first-order valence-corrected chi connectivity index (χ1v) is 7.10. The van der Waals surface area contributed by atoms with E-state index in [0.29, 0.717) is 18.0 Å². The maximum atomic E-state index is 11.9. The van der Waals surface area contributed by atoms with Crippen molar-refractivity contribution in [3.63, 3.8) is 0 Å². The molecule has 1 fully saturated rings. The topological polar surface area (TPSA) is 84.2 Å². The summed E-state index contributed by atoms with van der Waals surface area (Å²) in [5.41, 5.74) is 6.38. The first kappa shape index (κ1) is 14.4. The third kappa shape index (κ3) is 4.57. The Bertz CT molecular complexity index is 465. The van der Waals surface area contributed by atoms with E-state index < -0.39 is 6.03 Å². The molecule has 1 aliphatic rings. The van der Waals surface area contributed by atoms with Gasteiger partial charge in [0.15, 0.2) is 0 Å². The quantitative estimate of drug-likeness (QED) is 0.789. The summed E-state index contributed by atoms with van der Waals surface area (Å²) >= 11 is 0. The molecule has 5 nitrogen and oxygen atoms in total. The number of nitrogens with two attached hydrogens (primary N) is 1. The Morgan fingerprint density at radius 1 is 1.00 bits per heavy atom. The molecule has 0 bridgehead atoms. The molecule has 1 saturated carbocycles. The largest absolute Gasteiger partial charge is 0.351 e. The Morgan fingerprint density at radius 3 is 2.10 bits per heavy atom. The molecule has 108 valence electrons. The lowest BCUT2D eigenvalue weighted by Crippen LogP contribution is -2.19. The van der Waals surface area contributed by atoms with Crippen molar-refractivity contribution in [1.82, 2.24) is 0 Å². The van der Waals surface area contributed by atoms with Gasteiger partial charge in [0.25, 0.3) is 0 Å². The van der Waals surface area contributed by atoms with E-state index in [1.807, 2.05) is 0 Å². The lowest BCUT2D eigenvalue weighted by molar-refractivity contribution is -0.117. The first-order chi connectivity index (χ1) is 9.63. The van der Waals surface area contributed by atoms with Crippen LogP contribution in [0.25, 0.3) is 0 Å². The zero-order chi connectivity index (χ0) is 14.4. The molecule has 1 aromatic carbocycles. The van der Waals surface area contributed by atoms with Crippen LogP contribution >= 0.6 is 0 Å². The average Bonchev–Trinajstić information content (AvgIpc) is 2.41. The first-order valence-electron chi connectivity index (χ1n) is 7.10. The Balaban J connectivity index is 1.82. The molecular formula is C15H21N3O2. The fourth-order valence-electron chi connectivity index (χ4n) is 2.64. The van der Waals surface area contributed by atoms with Crippen molar-refractivity contribution in [3.05, 3.63) is 24.3 Å². The Hall–Kier alpha value is -2.04. The molecule has 0 spiro atoms. The van der Waals surface area contributed by atoms with Gasteiger partial charge in [-0.05, 0) is 43.0 Å². The molecule has 2 rings (SSSR count). The van der Waals surface area contributed by atoms with Crippen LogP contribution in [-0.2, 0) is 4.79 Å². The number of hydrogen-bond acceptors (Lipinski definition) is 2. The minimum absolute atomic E-state index is 0.0625. The number of urea groups is 1. The van der Waals surface area contributed by atoms with Gasteiger partial charge in [0.05, 0.1) is 0 Å². The molecule has 4 N–H and O–H groups in total. The molecule has 3 amide bonds. The molecule has 5 heteroatoms. The number of carbonyl (C=O) groups is 2. The second-order valence-corrected chi connectivity index (χ2v) is 5.32. The van der Waals surface area contributed by atoms with Crippen LogP contribution in [0.4, 0.5) is 16.2 Å². The van der Waals surface area contributed by atoms with Crippen molar-refractivity contribution in [3.8, 4) is 0 Å². The number of primary amides is 1. The average molecular weight is 275 g/mol. The van der Waals surface area contributed by atoms with Gasteiger partial charge in [0, 0.05) is 17.8 Å². The van der Waals surface area contributed by atoms with Gasteiger partial charge in [-0.25, -0.2) is 4.79 Å². The molecule has 0 unspecified atom stereocenters. The lowest BCUT2D eigenvalue weighted by atomic mass is 9.87. The number of nitrogens with one attached hydrogen (secondary N) is 2. The van der Waals surface area contributed by atoms with Crippen molar-refractivity contribution in [2.24, 2.45) is 11.7 Å². The molecule has 0 atom stereocenters. The molecule has 0 radical (unpaired) electrons. The van der Waals surface area contributed by atoms with E-state index in [-0.39, 0.29) is 5.91 Å². The van der Waals surface area contributed by atoms with E-state index >= 15 is 0 Å². The minimum atomic E-state index is -0.598. The van der Waals surface area contributed by atoms with Crippen LogP contribution in [0.3, 0.4) is 0 Å². The third-order valence-corrected chi connectivity index (χ3v) is 3.64. The molecule has 0 saturated heterocycles. The van der Waals surface area contributed by atoms with Gasteiger partial charge in [-0.3, -0.25) is 4.79 Å². The van der Waals surface area contributed by atoms with E-state index in [0.717, 1.165) is 18.5 Å². The Kier molecular flexibility index (Phi) is 4.98. The molecule has 0 heterocycles. The summed E-state index contributed by atoms with van der Waals surface area (Å²) in [5, 5.41) is 5.36. The zero-order valence-corrected chi connectivity index (χ0v) is 11.5. The number of hydrogen-bond donors (Lipinski definition) is 3. The summed E-state index contributed by atoms with van der Waals surface area (Å²) < 4.78 is 0.